The number of benzene rings is 2. The third kappa shape index (κ3) is 4.67. The van der Waals surface area contributed by atoms with Crippen LogP contribution < -0.4 is 5.32 Å². The van der Waals surface area contributed by atoms with Crippen molar-refractivity contribution in [2.75, 3.05) is 11.1 Å². The minimum absolute atomic E-state index is 0.174. The van der Waals surface area contributed by atoms with Gasteiger partial charge in [-0.15, -0.1) is 10.2 Å². The molecule has 0 spiro atoms. The van der Waals surface area contributed by atoms with Crippen LogP contribution in [0.4, 0.5) is 10.1 Å². The number of nitrogens with zero attached hydrogens (tertiary/aromatic N) is 3. The van der Waals surface area contributed by atoms with E-state index in [1.165, 1.54) is 23.9 Å². The van der Waals surface area contributed by atoms with Crippen LogP contribution in [0.15, 0.2) is 59.8 Å². The van der Waals surface area contributed by atoms with Gasteiger partial charge in [-0.05, 0) is 23.8 Å². The summed E-state index contributed by atoms with van der Waals surface area (Å²) in [5.41, 5.74) is 1.59. The molecule has 7 heteroatoms. The summed E-state index contributed by atoms with van der Waals surface area (Å²) in [6, 6.07) is 15.8. The Balaban J connectivity index is 1.57. The van der Waals surface area contributed by atoms with E-state index >= 15 is 0 Å². The summed E-state index contributed by atoms with van der Waals surface area (Å²) in [5.74, 6) is 0.403. The van der Waals surface area contributed by atoms with Crippen molar-refractivity contribution in [1.82, 2.24) is 14.8 Å². The number of halogens is 1. The molecule has 1 aromatic heterocycles. The number of anilines is 1. The molecule has 0 aliphatic carbocycles. The van der Waals surface area contributed by atoms with Gasteiger partial charge in [0.2, 0.25) is 5.91 Å². The first kappa shape index (κ1) is 17.2. The van der Waals surface area contributed by atoms with Crippen molar-refractivity contribution in [3.05, 3.63) is 71.8 Å². The van der Waals surface area contributed by atoms with Gasteiger partial charge in [-0.3, -0.25) is 4.79 Å². The molecule has 0 saturated carbocycles. The van der Waals surface area contributed by atoms with E-state index < -0.39 is 0 Å². The number of carbonyl (C=O) groups excluding carboxylic acids is 1. The number of carbonyl (C=O) groups is 1. The van der Waals surface area contributed by atoms with E-state index in [1.54, 1.807) is 12.1 Å². The molecular weight excluding hydrogens is 339 g/mol. The first-order valence-corrected chi connectivity index (χ1v) is 8.71. The molecule has 0 radical (unpaired) electrons. The maximum atomic E-state index is 13.1. The standard InChI is InChI=1S/C18H17FN4OS/c1-23-16(10-13-6-3-2-4-7-13)21-22-18(23)25-12-17(24)20-15-9-5-8-14(19)11-15/h2-9,11H,10,12H2,1H3,(H,20,24). The molecule has 5 nitrogen and oxygen atoms in total. The van der Waals surface area contributed by atoms with Gasteiger partial charge < -0.3 is 9.88 Å². The number of nitrogens with one attached hydrogen (secondary N) is 1. The number of hydrogen-bond acceptors (Lipinski definition) is 4. The lowest BCUT2D eigenvalue weighted by molar-refractivity contribution is -0.113. The zero-order valence-electron chi connectivity index (χ0n) is 13.6. The molecule has 2 aromatic carbocycles. The second-order valence-corrected chi connectivity index (χ2v) is 6.41. The van der Waals surface area contributed by atoms with Crippen molar-refractivity contribution >= 4 is 23.4 Å². The van der Waals surface area contributed by atoms with E-state index in [0.29, 0.717) is 17.3 Å². The first-order valence-electron chi connectivity index (χ1n) is 7.72. The molecule has 128 valence electrons. The molecule has 0 fully saturated rings. The van der Waals surface area contributed by atoms with Crippen LogP contribution in [0.2, 0.25) is 0 Å². The van der Waals surface area contributed by atoms with E-state index in [1.807, 2.05) is 41.9 Å². The van der Waals surface area contributed by atoms with Gasteiger partial charge in [0, 0.05) is 19.2 Å². The van der Waals surface area contributed by atoms with Gasteiger partial charge in [0.15, 0.2) is 5.16 Å². The van der Waals surface area contributed by atoms with Crippen LogP contribution in [0.1, 0.15) is 11.4 Å². The summed E-state index contributed by atoms with van der Waals surface area (Å²) in [7, 11) is 1.88. The molecule has 1 N–H and O–H groups in total. The maximum absolute atomic E-state index is 13.1. The third-order valence-electron chi connectivity index (χ3n) is 3.57. The lowest BCUT2D eigenvalue weighted by atomic mass is 10.1. The van der Waals surface area contributed by atoms with Crippen LogP contribution in [0.5, 0.6) is 0 Å². The van der Waals surface area contributed by atoms with Crippen molar-refractivity contribution in [2.45, 2.75) is 11.6 Å². The predicted octanol–water partition coefficient (Wildman–Crippen LogP) is 3.28. The van der Waals surface area contributed by atoms with E-state index in [4.69, 9.17) is 0 Å². The molecule has 0 unspecified atom stereocenters. The Labute approximate surface area is 149 Å². The normalized spacial score (nSPS) is 10.6. The fourth-order valence-electron chi connectivity index (χ4n) is 2.30. The van der Waals surface area contributed by atoms with Gasteiger partial charge >= 0.3 is 0 Å². The topological polar surface area (TPSA) is 59.8 Å². The summed E-state index contributed by atoms with van der Waals surface area (Å²) in [5, 5.41) is 11.7. The highest BCUT2D eigenvalue weighted by Gasteiger charge is 2.12. The predicted molar refractivity (Wildman–Crippen MR) is 96.0 cm³/mol. The Morgan fingerprint density at radius 1 is 1.16 bits per heavy atom. The van der Waals surface area contributed by atoms with Crippen LogP contribution in [-0.2, 0) is 18.3 Å². The van der Waals surface area contributed by atoms with Gasteiger partial charge in [-0.25, -0.2) is 4.39 Å². The summed E-state index contributed by atoms with van der Waals surface area (Å²) in [6.45, 7) is 0. The zero-order valence-corrected chi connectivity index (χ0v) is 14.5. The molecule has 3 aromatic rings. The number of amides is 1. The molecule has 1 amide bonds. The lowest BCUT2D eigenvalue weighted by Gasteiger charge is -2.06. The summed E-state index contributed by atoms with van der Waals surface area (Å²) < 4.78 is 15.0. The highest BCUT2D eigenvalue weighted by molar-refractivity contribution is 7.99. The van der Waals surface area contributed by atoms with Crippen LogP contribution in [0, 0.1) is 5.82 Å². The maximum Gasteiger partial charge on any atom is 0.234 e. The van der Waals surface area contributed by atoms with Gasteiger partial charge in [-0.1, -0.05) is 48.2 Å². The smallest absolute Gasteiger partial charge is 0.234 e. The third-order valence-corrected chi connectivity index (χ3v) is 4.59. The monoisotopic (exact) mass is 356 g/mol. The highest BCUT2D eigenvalue weighted by Crippen LogP contribution is 2.18. The summed E-state index contributed by atoms with van der Waals surface area (Å²) in [4.78, 5) is 12.0. The fourth-order valence-corrected chi connectivity index (χ4v) is 3.03. The second-order valence-electron chi connectivity index (χ2n) is 5.47. The first-order chi connectivity index (χ1) is 12.1. The van der Waals surface area contributed by atoms with Gasteiger partial charge in [0.05, 0.1) is 5.75 Å². The number of hydrogen-bond donors (Lipinski definition) is 1. The second kappa shape index (κ2) is 7.94. The molecule has 0 saturated heterocycles. The Hall–Kier alpha value is -2.67. The quantitative estimate of drug-likeness (QED) is 0.689. The van der Waals surface area contributed by atoms with Crippen molar-refractivity contribution < 1.29 is 9.18 Å². The summed E-state index contributed by atoms with van der Waals surface area (Å²) in [6.07, 6.45) is 0.681. The van der Waals surface area contributed by atoms with Crippen molar-refractivity contribution in [1.29, 1.82) is 0 Å². The van der Waals surface area contributed by atoms with Gasteiger partial charge in [0.1, 0.15) is 11.6 Å². The van der Waals surface area contributed by atoms with Gasteiger partial charge in [-0.2, -0.15) is 0 Å². The van der Waals surface area contributed by atoms with Crippen LogP contribution in [0.25, 0.3) is 0 Å². The number of rotatable bonds is 6. The lowest BCUT2D eigenvalue weighted by Crippen LogP contribution is -2.14. The van der Waals surface area contributed by atoms with Crippen LogP contribution in [-0.4, -0.2) is 26.4 Å². The van der Waals surface area contributed by atoms with Crippen molar-refractivity contribution in [2.24, 2.45) is 7.05 Å². The molecule has 3 rings (SSSR count). The molecule has 25 heavy (non-hydrogen) atoms. The minimum atomic E-state index is -0.385. The van der Waals surface area contributed by atoms with Crippen molar-refractivity contribution in [3.8, 4) is 0 Å². The molecule has 0 aliphatic rings. The van der Waals surface area contributed by atoms with Crippen molar-refractivity contribution in [3.63, 3.8) is 0 Å². The largest absolute Gasteiger partial charge is 0.325 e. The molecule has 0 aliphatic heterocycles. The fraction of sp³-hybridized carbons (Fsp3) is 0.167. The Kier molecular flexibility index (Phi) is 5.45. The SMILES string of the molecule is Cn1c(Cc2ccccc2)nnc1SCC(=O)Nc1cccc(F)c1. The molecular formula is C18H17FN4OS. The zero-order chi connectivity index (χ0) is 17.6. The minimum Gasteiger partial charge on any atom is -0.325 e. The van der Waals surface area contributed by atoms with E-state index in [2.05, 4.69) is 15.5 Å². The molecule has 1 heterocycles. The summed E-state index contributed by atoms with van der Waals surface area (Å²) >= 11 is 1.29. The highest BCUT2D eigenvalue weighted by atomic mass is 32.2. The number of aromatic nitrogens is 3. The Morgan fingerprint density at radius 2 is 1.96 bits per heavy atom. The average molecular weight is 356 g/mol. The number of thioether (sulfide) groups is 1. The average Bonchev–Trinajstić information content (AvgIpc) is 2.94. The van der Waals surface area contributed by atoms with Crippen LogP contribution >= 0.6 is 11.8 Å². The molecule has 0 atom stereocenters. The Bertz CT molecular complexity index is 867. The van der Waals surface area contributed by atoms with E-state index in [-0.39, 0.29) is 17.5 Å². The molecule has 0 bridgehead atoms. The van der Waals surface area contributed by atoms with E-state index in [0.717, 1.165) is 11.4 Å². The van der Waals surface area contributed by atoms with Crippen LogP contribution in [0.3, 0.4) is 0 Å². The van der Waals surface area contributed by atoms with Gasteiger partial charge in [0.25, 0.3) is 0 Å². The van der Waals surface area contributed by atoms with E-state index in [9.17, 15) is 9.18 Å². The Morgan fingerprint density at radius 3 is 2.72 bits per heavy atom.